The minimum Gasteiger partial charge on any atom is -0.423 e. The van der Waals surface area contributed by atoms with Gasteiger partial charge in [-0.25, -0.2) is 4.79 Å². The first-order chi connectivity index (χ1) is 14.4. The second-order valence-electron chi connectivity index (χ2n) is 7.72. The van der Waals surface area contributed by atoms with Crippen molar-refractivity contribution in [1.29, 1.82) is 0 Å². The van der Waals surface area contributed by atoms with E-state index in [1.54, 1.807) is 0 Å². The summed E-state index contributed by atoms with van der Waals surface area (Å²) in [7, 11) is 1.87. The highest BCUT2D eigenvalue weighted by atomic mass is 16.4. The van der Waals surface area contributed by atoms with Crippen LogP contribution in [0.5, 0.6) is 0 Å². The summed E-state index contributed by atoms with van der Waals surface area (Å²) in [5.74, 6) is -0.0941. The maximum absolute atomic E-state index is 12.6. The van der Waals surface area contributed by atoms with Gasteiger partial charge in [-0.3, -0.25) is 9.69 Å². The largest absolute Gasteiger partial charge is 0.423 e. The molecular weight excluding hydrogens is 376 g/mol. The zero-order chi connectivity index (χ0) is 21.3. The van der Waals surface area contributed by atoms with Crippen LogP contribution in [0, 0.1) is 13.8 Å². The Hall–Kier alpha value is -3.44. The van der Waals surface area contributed by atoms with Gasteiger partial charge in [-0.1, -0.05) is 42.5 Å². The molecule has 3 aromatic carbocycles. The fourth-order valence-electron chi connectivity index (χ4n) is 3.81. The van der Waals surface area contributed by atoms with Gasteiger partial charge in [-0.05, 0) is 60.5 Å². The molecule has 1 heterocycles. The second-order valence-corrected chi connectivity index (χ2v) is 7.72. The van der Waals surface area contributed by atoms with Gasteiger partial charge in [0.2, 0.25) is 5.91 Å². The topological polar surface area (TPSA) is 62.6 Å². The van der Waals surface area contributed by atoms with Crippen LogP contribution in [0.4, 0.5) is 5.69 Å². The molecule has 0 unspecified atom stereocenters. The number of carbonyl (C=O) groups is 1. The van der Waals surface area contributed by atoms with Crippen LogP contribution in [-0.4, -0.2) is 24.4 Å². The van der Waals surface area contributed by atoms with Crippen LogP contribution in [0.3, 0.4) is 0 Å². The lowest BCUT2D eigenvalue weighted by Crippen LogP contribution is -2.30. The fraction of sp³-hybridized carbons (Fsp3) is 0.200. The van der Waals surface area contributed by atoms with Crippen LogP contribution >= 0.6 is 0 Å². The Balaban J connectivity index is 1.59. The van der Waals surface area contributed by atoms with Gasteiger partial charge in [0, 0.05) is 23.7 Å². The Morgan fingerprint density at radius 2 is 1.83 bits per heavy atom. The zero-order valence-corrected chi connectivity index (χ0v) is 17.4. The third kappa shape index (κ3) is 3.98. The molecule has 0 fully saturated rings. The average Bonchev–Trinajstić information content (AvgIpc) is 2.70. The number of amides is 1. The molecule has 152 valence electrons. The zero-order valence-electron chi connectivity index (χ0n) is 17.4. The fourth-order valence-corrected chi connectivity index (χ4v) is 3.81. The molecule has 0 saturated carbocycles. The maximum atomic E-state index is 12.6. The van der Waals surface area contributed by atoms with Crippen molar-refractivity contribution in [1.82, 2.24) is 4.90 Å². The molecule has 0 spiro atoms. The molecule has 0 atom stereocenters. The number of anilines is 1. The summed E-state index contributed by atoms with van der Waals surface area (Å²) < 4.78 is 5.42. The highest BCUT2D eigenvalue weighted by molar-refractivity contribution is 6.07. The molecule has 5 heteroatoms. The van der Waals surface area contributed by atoms with Crippen molar-refractivity contribution in [3.63, 3.8) is 0 Å². The van der Waals surface area contributed by atoms with E-state index in [1.807, 2.05) is 80.4 Å². The SMILES string of the molecule is Cc1cccc(NC(=O)CN(C)Cc2cc(=O)oc3ccc4ccccc4c23)c1C. The van der Waals surface area contributed by atoms with Gasteiger partial charge in [0.15, 0.2) is 0 Å². The number of likely N-dealkylation sites (N-methyl/N-ethyl adjacent to an activating group) is 1. The Morgan fingerprint density at radius 1 is 1.03 bits per heavy atom. The molecule has 0 radical (unpaired) electrons. The van der Waals surface area contributed by atoms with Crippen LogP contribution in [0.2, 0.25) is 0 Å². The Kier molecular flexibility index (Phi) is 5.38. The normalized spacial score (nSPS) is 11.3. The van der Waals surface area contributed by atoms with Crippen molar-refractivity contribution < 1.29 is 9.21 Å². The van der Waals surface area contributed by atoms with Crippen molar-refractivity contribution >= 4 is 33.3 Å². The Bertz CT molecular complexity index is 1310. The molecule has 1 amide bonds. The van der Waals surface area contributed by atoms with Crippen LogP contribution in [0.1, 0.15) is 16.7 Å². The van der Waals surface area contributed by atoms with Crippen LogP contribution in [0.25, 0.3) is 21.7 Å². The van der Waals surface area contributed by atoms with E-state index in [2.05, 4.69) is 5.32 Å². The summed E-state index contributed by atoms with van der Waals surface area (Å²) in [4.78, 5) is 26.6. The lowest BCUT2D eigenvalue weighted by molar-refractivity contribution is -0.117. The van der Waals surface area contributed by atoms with E-state index in [0.717, 1.165) is 38.5 Å². The summed E-state index contributed by atoms with van der Waals surface area (Å²) in [6.07, 6.45) is 0. The third-order valence-electron chi connectivity index (χ3n) is 5.45. The number of carbonyl (C=O) groups excluding carboxylic acids is 1. The second kappa shape index (κ2) is 8.13. The molecule has 0 bridgehead atoms. The molecular formula is C25H24N2O3. The molecule has 4 aromatic rings. The van der Waals surface area contributed by atoms with Crippen molar-refractivity contribution in [2.45, 2.75) is 20.4 Å². The highest BCUT2D eigenvalue weighted by Crippen LogP contribution is 2.28. The summed E-state index contributed by atoms with van der Waals surface area (Å²) in [5.41, 5.74) is 4.04. The van der Waals surface area contributed by atoms with E-state index in [9.17, 15) is 9.59 Å². The Morgan fingerprint density at radius 3 is 2.67 bits per heavy atom. The number of hydrogen-bond acceptors (Lipinski definition) is 4. The summed E-state index contributed by atoms with van der Waals surface area (Å²) >= 11 is 0. The molecule has 4 rings (SSSR count). The molecule has 0 saturated heterocycles. The molecule has 1 aromatic heterocycles. The van der Waals surface area contributed by atoms with Gasteiger partial charge >= 0.3 is 5.63 Å². The van der Waals surface area contributed by atoms with Crippen molar-refractivity contribution in [2.24, 2.45) is 0 Å². The van der Waals surface area contributed by atoms with Gasteiger partial charge in [-0.2, -0.15) is 0 Å². The van der Waals surface area contributed by atoms with E-state index in [-0.39, 0.29) is 18.1 Å². The van der Waals surface area contributed by atoms with Crippen LogP contribution in [-0.2, 0) is 11.3 Å². The maximum Gasteiger partial charge on any atom is 0.336 e. The first kappa shape index (κ1) is 19.9. The monoisotopic (exact) mass is 400 g/mol. The lowest BCUT2D eigenvalue weighted by atomic mass is 10.0. The Labute approximate surface area is 174 Å². The molecule has 0 aliphatic rings. The van der Waals surface area contributed by atoms with Gasteiger partial charge in [0.1, 0.15) is 5.58 Å². The van der Waals surface area contributed by atoms with Crippen LogP contribution in [0.15, 0.2) is 69.9 Å². The predicted octanol–water partition coefficient (Wildman–Crippen LogP) is 4.63. The molecule has 1 N–H and O–H groups in total. The minimum atomic E-state index is -0.388. The molecule has 0 aliphatic carbocycles. The van der Waals surface area contributed by atoms with Gasteiger partial charge in [0.05, 0.1) is 6.54 Å². The summed E-state index contributed by atoms with van der Waals surface area (Å²) in [5, 5.41) is 6.01. The van der Waals surface area contributed by atoms with E-state index in [1.165, 1.54) is 6.07 Å². The minimum absolute atomic E-state index is 0.0941. The third-order valence-corrected chi connectivity index (χ3v) is 5.45. The van der Waals surface area contributed by atoms with Gasteiger partial charge in [-0.15, -0.1) is 0 Å². The van der Waals surface area contributed by atoms with Crippen LogP contribution < -0.4 is 10.9 Å². The molecule has 30 heavy (non-hydrogen) atoms. The molecule has 0 aliphatic heterocycles. The number of hydrogen-bond donors (Lipinski definition) is 1. The highest BCUT2D eigenvalue weighted by Gasteiger charge is 2.14. The smallest absolute Gasteiger partial charge is 0.336 e. The van der Waals surface area contributed by atoms with Crippen molar-refractivity contribution in [3.8, 4) is 0 Å². The number of rotatable bonds is 5. The van der Waals surface area contributed by atoms with E-state index >= 15 is 0 Å². The van der Waals surface area contributed by atoms with E-state index in [0.29, 0.717) is 12.1 Å². The predicted molar refractivity (Wildman–Crippen MR) is 121 cm³/mol. The van der Waals surface area contributed by atoms with Gasteiger partial charge < -0.3 is 9.73 Å². The van der Waals surface area contributed by atoms with E-state index in [4.69, 9.17) is 4.42 Å². The lowest BCUT2D eigenvalue weighted by Gasteiger charge is -2.18. The standard InChI is InChI=1S/C25H24N2O3/c1-16-7-6-10-21(17(16)2)26-23(28)15-27(3)14-19-13-24(29)30-22-12-11-18-8-4-5-9-20(18)25(19)22/h4-13H,14-15H2,1-3H3,(H,26,28). The number of benzene rings is 3. The first-order valence-electron chi connectivity index (χ1n) is 9.91. The average molecular weight is 400 g/mol. The van der Waals surface area contributed by atoms with Gasteiger partial charge in [0.25, 0.3) is 0 Å². The van der Waals surface area contributed by atoms with E-state index < -0.39 is 0 Å². The summed E-state index contributed by atoms with van der Waals surface area (Å²) in [6.45, 7) is 4.68. The summed E-state index contributed by atoms with van der Waals surface area (Å²) in [6, 6.07) is 19.2. The number of aryl methyl sites for hydroxylation is 1. The quantitative estimate of drug-likeness (QED) is 0.392. The van der Waals surface area contributed by atoms with Crippen molar-refractivity contribution in [3.05, 3.63) is 87.8 Å². The molecule has 5 nitrogen and oxygen atoms in total. The number of nitrogens with zero attached hydrogens (tertiary/aromatic N) is 1. The van der Waals surface area contributed by atoms with Crippen molar-refractivity contribution in [2.75, 3.05) is 18.9 Å². The first-order valence-corrected chi connectivity index (χ1v) is 9.91. The number of fused-ring (bicyclic) bond motifs is 3. The number of nitrogens with one attached hydrogen (secondary N) is 1.